The molecule has 0 aromatic heterocycles. The van der Waals surface area contributed by atoms with E-state index >= 15 is 0 Å². The number of carbonyl (C=O) groups excluding carboxylic acids is 1. The molecule has 1 aliphatic heterocycles. The molecule has 2 rings (SSSR count). The summed E-state index contributed by atoms with van der Waals surface area (Å²) < 4.78 is -0.284. The molecule has 0 saturated carbocycles. The van der Waals surface area contributed by atoms with Crippen LogP contribution in [0, 0.1) is 18.3 Å². The number of hydrogen-bond donors (Lipinski definition) is 0. The lowest BCUT2D eigenvalue weighted by molar-refractivity contribution is -0.132. The Labute approximate surface area is 131 Å². The molecular weight excluding hydrogens is 280 g/mol. The number of rotatable bonds is 4. The standard InChI is InChI=1S/C17H22N2OS/c1-14-3-5-15(6-4-14)7-8-16(20)19-11-9-17(13-18,21-2)10-12-19/h3-6H,7-12H2,1-2H3. The highest BCUT2D eigenvalue weighted by Gasteiger charge is 2.35. The van der Waals surface area contributed by atoms with Crippen LogP contribution in [0.2, 0.25) is 0 Å². The van der Waals surface area contributed by atoms with Crippen LogP contribution in [0.5, 0.6) is 0 Å². The van der Waals surface area contributed by atoms with Gasteiger partial charge in [-0.05, 0) is 38.0 Å². The third kappa shape index (κ3) is 4.01. The minimum Gasteiger partial charge on any atom is -0.343 e. The van der Waals surface area contributed by atoms with Gasteiger partial charge in [0.1, 0.15) is 4.75 Å². The minimum absolute atomic E-state index is 0.211. The van der Waals surface area contributed by atoms with Gasteiger partial charge in [-0.2, -0.15) is 5.26 Å². The highest BCUT2D eigenvalue weighted by atomic mass is 32.2. The van der Waals surface area contributed by atoms with Gasteiger partial charge in [0.2, 0.25) is 5.91 Å². The van der Waals surface area contributed by atoms with E-state index in [0.717, 1.165) is 19.3 Å². The molecule has 0 spiro atoms. The average Bonchev–Trinajstić information content (AvgIpc) is 2.54. The van der Waals surface area contributed by atoms with Crippen LogP contribution < -0.4 is 0 Å². The number of nitrogens with zero attached hydrogens (tertiary/aromatic N) is 2. The maximum absolute atomic E-state index is 12.3. The smallest absolute Gasteiger partial charge is 0.222 e. The molecule has 112 valence electrons. The van der Waals surface area contributed by atoms with E-state index in [4.69, 9.17) is 0 Å². The van der Waals surface area contributed by atoms with Gasteiger partial charge in [-0.1, -0.05) is 29.8 Å². The van der Waals surface area contributed by atoms with Crippen molar-refractivity contribution < 1.29 is 4.79 Å². The van der Waals surface area contributed by atoms with Gasteiger partial charge in [0.15, 0.2) is 0 Å². The molecule has 0 unspecified atom stereocenters. The normalized spacial score (nSPS) is 17.3. The highest BCUT2D eigenvalue weighted by molar-refractivity contribution is 8.00. The number of aryl methyl sites for hydroxylation is 2. The SMILES string of the molecule is CSC1(C#N)CCN(C(=O)CCc2ccc(C)cc2)CC1. The van der Waals surface area contributed by atoms with E-state index in [1.165, 1.54) is 11.1 Å². The van der Waals surface area contributed by atoms with Crippen molar-refractivity contribution in [1.82, 2.24) is 4.90 Å². The molecule has 4 heteroatoms. The minimum atomic E-state index is -0.284. The Morgan fingerprint density at radius 2 is 1.95 bits per heavy atom. The number of amides is 1. The maximum Gasteiger partial charge on any atom is 0.222 e. The molecule has 0 bridgehead atoms. The summed E-state index contributed by atoms with van der Waals surface area (Å²) in [6.45, 7) is 3.48. The summed E-state index contributed by atoms with van der Waals surface area (Å²) >= 11 is 1.62. The van der Waals surface area contributed by atoms with Crippen molar-refractivity contribution in [3.8, 4) is 6.07 Å². The summed E-state index contributed by atoms with van der Waals surface area (Å²) in [5.41, 5.74) is 2.45. The number of piperidine rings is 1. The molecule has 21 heavy (non-hydrogen) atoms. The third-order valence-electron chi connectivity index (χ3n) is 4.27. The molecule has 1 amide bonds. The first-order valence-corrected chi connectivity index (χ1v) is 8.61. The Bertz CT molecular complexity index is 525. The fourth-order valence-corrected chi connectivity index (χ4v) is 3.33. The second kappa shape index (κ2) is 7.00. The summed E-state index contributed by atoms with van der Waals surface area (Å²) in [4.78, 5) is 14.2. The molecular formula is C17H22N2OS. The summed E-state index contributed by atoms with van der Waals surface area (Å²) in [6, 6.07) is 10.8. The van der Waals surface area contributed by atoms with Crippen LogP contribution in [0.4, 0.5) is 0 Å². The van der Waals surface area contributed by atoms with E-state index in [-0.39, 0.29) is 10.7 Å². The Morgan fingerprint density at radius 3 is 2.48 bits per heavy atom. The van der Waals surface area contributed by atoms with Gasteiger partial charge in [0, 0.05) is 19.5 Å². The van der Waals surface area contributed by atoms with Crippen molar-refractivity contribution in [2.45, 2.75) is 37.4 Å². The molecule has 3 nitrogen and oxygen atoms in total. The number of likely N-dealkylation sites (tertiary alicyclic amines) is 1. The largest absolute Gasteiger partial charge is 0.343 e. The molecule has 1 heterocycles. The van der Waals surface area contributed by atoms with Crippen LogP contribution in [-0.4, -0.2) is 34.9 Å². The van der Waals surface area contributed by atoms with Crippen molar-refractivity contribution in [1.29, 1.82) is 5.26 Å². The van der Waals surface area contributed by atoms with Crippen LogP contribution >= 0.6 is 11.8 Å². The predicted octanol–water partition coefficient (Wildman–Crippen LogP) is 3.18. The zero-order chi connectivity index (χ0) is 15.3. The van der Waals surface area contributed by atoms with Crippen LogP contribution in [0.3, 0.4) is 0 Å². The van der Waals surface area contributed by atoms with E-state index < -0.39 is 0 Å². The first-order valence-electron chi connectivity index (χ1n) is 7.38. The first kappa shape index (κ1) is 15.9. The Morgan fingerprint density at radius 1 is 1.33 bits per heavy atom. The summed E-state index contributed by atoms with van der Waals surface area (Å²) in [5, 5.41) is 9.27. The molecule has 1 aromatic rings. The quantitative estimate of drug-likeness (QED) is 0.858. The highest BCUT2D eigenvalue weighted by Crippen LogP contribution is 2.33. The molecule has 1 saturated heterocycles. The van der Waals surface area contributed by atoms with E-state index in [1.54, 1.807) is 11.8 Å². The van der Waals surface area contributed by atoms with Gasteiger partial charge >= 0.3 is 0 Å². The van der Waals surface area contributed by atoms with Crippen molar-refractivity contribution in [3.63, 3.8) is 0 Å². The average molecular weight is 302 g/mol. The Hall–Kier alpha value is -1.47. The third-order valence-corrected chi connectivity index (χ3v) is 5.55. The summed E-state index contributed by atoms with van der Waals surface area (Å²) in [7, 11) is 0. The van der Waals surface area contributed by atoms with Gasteiger partial charge in [0.05, 0.1) is 6.07 Å². The van der Waals surface area contributed by atoms with Crippen LogP contribution in [0.15, 0.2) is 24.3 Å². The van der Waals surface area contributed by atoms with Crippen molar-refractivity contribution in [3.05, 3.63) is 35.4 Å². The zero-order valence-corrected chi connectivity index (χ0v) is 13.6. The number of benzene rings is 1. The van der Waals surface area contributed by atoms with Gasteiger partial charge in [-0.3, -0.25) is 4.79 Å². The molecule has 1 aromatic carbocycles. The number of hydrogen-bond acceptors (Lipinski definition) is 3. The van der Waals surface area contributed by atoms with Crippen molar-refractivity contribution in [2.24, 2.45) is 0 Å². The topological polar surface area (TPSA) is 44.1 Å². The van der Waals surface area contributed by atoms with E-state index in [0.29, 0.717) is 19.5 Å². The number of carbonyl (C=O) groups is 1. The van der Waals surface area contributed by atoms with E-state index in [1.807, 2.05) is 11.2 Å². The Balaban J connectivity index is 1.83. The predicted molar refractivity (Wildman–Crippen MR) is 87.2 cm³/mol. The fourth-order valence-electron chi connectivity index (χ4n) is 2.64. The number of thioether (sulfide) groups is 1. The second-order valence-electron chi connectivity index (χ2n) is 5.68. The first-order chi connectivity index (χ1) is 10.1. The van der Waals surface area contributed by atoms with Crippen LogP contribution in [0.1, 0.15) is 30.4 Å². The van der Waals surface area contributed by atoms with Gasteiger partial charge in [-0.15, -0.1) is 11.8 Å². The van der Waals surface area contributed by atoms with Crippen molar-refractivity contribution in [2.75, 3.05) is 19.3 Å². The maximum atomic E-state index is 12.3. The summed E-state index contributed by atoms with van der Waals surface area (Å²) in [5.74, 6) is 0.211. The molecule has 0 N–H and O–H groups in total. The van der Waals surface area contributed by atoms with Crippen LogP contribution in [-0.2, 0) is 11.2 Å². The lowest BCUT2D eigenvalue weighted by Gasteiger charge is -2.36. The van der Waals surface area contributed by atoms with Gasteiger partial charge < -0.3 is 4.90 Å². The van der Waals surface area contributed by atoms with Crippen LogP contribution in [0.25, 0.3) is 0 Å². The van der Waals surface area contributed by atoms with Gasteiger partial charge in [0.25, 0.3) is 0 Å². The van der Waals surface area contributed by atoms with Gasteiger partial charge in [-0.25, -0.2) is 0 Å². The second-order valence-corrected chi connectivity index (χ2v) is 6.87. The Kier molecular flexibility index (Phi) is 5.30. The van der Waals surface area contributed by atoms with Crippen molar-refractivity contribution >= 4 is 17.7 Å². The number of nitriles is 1. The fraction of sp³-hybridized carbons (Fsp3) is 0.529. The lowest BCUT2D eigenvalue weighted by atomic mass is 9.96. The lowest BCUT2D eigenvalue weighted by Crippen LogP contribution is -2.44. The molecule has 1 aliphatic rings. The molecule has 0 aliphatic carbocycles. The molecule has 0 atom stereocenters. The summed E-state index contributed by atoms with van der Waals surface area (Å²) in [6.07, 6.45) is 4.89. The van der Waals surface area contributed by atoms with E-state index in [2.05, 4.69) is 37.3 Å². The zero-order valence-electron chi connectivity index (χ0n) is 12.8. The molecule has 0 radical (unpaired) electrons. The van der Waals surface area contributed by atoms with E-state index in [9.17, 15) is 10.1 Å². The monoisotopic (exact) mass is 302 g/mol. The molecule has 1 fully saturated rings.